The number of hydrogen-bond donors (Lipinski definition) is 1. The summed E-state index contributed by atoms with van der Waals surface area (Å²) in [5.41, 5.74) is 12.6. The van der Waals surface area contributed by atoms with Crippen LogP contribution in [0.1, 0.15) is 16.9 Å². The molecule has 1 rings (SSSR count). The van der Waals surface area contributed by atoms with Crippen LogP contribution in [0.5, 0.6) is 0 Å². The number of anilines is 1. The maximum atomic E-state index is 10.7. The van der Waals surface area contributed by atoms with Gasteiger partial charge in [0, 0.05) is 11.5 Å². The molecule has 14 heteroatoms. The van der Waals surface area contributed by atoms with Crippen molar-refractivity contribution in [1.82, 2.24) is 9.59 Å². The van der Waals surface area contributed by atoms with Gasteiger partial charge in [0.25, 0.3) is 0 Å². The minimum atomic E-state index is -0.944. The molecule has 1 heterocycles. The molecule has 26 heavy (non-hydrogen) atoms. The number of carbonyl (C=O) groups excluding carboxylic acids is 3. The van der Waals surface area contributed by atoms with Crippen molar-refractivity contribution in [3.8, 4) is 12.1 Å². The molecule has 1 aromatic heterocycles. The number of methoxy groups -OCH3 is 3. The third-order valence-corrected chi connectivity index (χ3v) is 2.48. The van der Waals surface area contributed by atoms with Gasteiger partial charge < -0.3 is 25.5 Å². The van der Waals surface area contributed by atoms with Crippen molar-refractivity contribution in [2.24, 2.45) is 0 Å². The van der Waals surface area contributed by atoms with Crippen molar-refractivity contribution in [3.05, 3.63) is 11.2 Å². The van der Waals surface area contributed by atoms with E-state index in [1.54, 1.807) is 6.07 Å². The molecule has 0 aliphatic carbocycles. The van der Waals surface area contributed by atoms with Crippen molar-refractivity contribution >= 4 is 40.2 Å². The first kappa shape index (κ1) is 24.4. The molecule has 0 saturated carbocycles. The summed E-state index contributed by atoms with van der Waals surface area (Å²) in [4.78, 5) is 33.3. The fourth-order valence-corrected chi connectivity index (χ4v) is 1.20. The first-order valence-electron chi connectivity index (χ1n) is 6.13. The molecule has 2 N–H and O–H groups in total. The fraction of sp³-hybridized carbons (Fsp3) is 0.333. The molecular formula is C12H13N7O6S. The second-order valence-electron chi connectivity index (χ2n) is 3.44. The van der Waals surface area contributed by atoms with E-state index in [-0.39, 0.29) is 17.1 Å². The normalized spacial score (nSPS) is 7.73. The number of esters is 3. The molecule has 0 radical (unpaired) electrons. The summed E-state index contributed by atoms with van der Waals surface area (Å²) in [6.45, 7) is 0. The summed E-state index contributed by atoms with van der Waals surface area (Å²) in [5, 5.41) is 19.5. The highest BCUT2D eigenvalue weighted by Crippen LogP contribution is 2.12. The zero-order chi connectivity index (χ0) is 20.5. The maximum Gasteiger partial charge on any atom is 0.475 e. The van der Waals surface area contributed by atoms with E-state index in [2.05, 4.69) is 28.6 Å². The van der Waals surface area contributed by atoms with Gasteiger partial charge in [0.2, 0.25) is 5.69 Å². The molecule has 0 aliphatic heterocycles. The summed E-state index contributed by atoms with van der Waals surface area (Å²) in [6, 6.07) is 2.97. The molecule has 0 fully saturated rings. The first-order valence-corrected chi connectivity index (χ1v) is 6.90. The van der Waals surface area contributed by atoms with Crippen LogP contribution < -0.4 is 5.73 Å². The number of nitrogens with two attached hydrogens (primary N) is 1. The second-order valence-corrected chi connectivity index (χ2v) is 4.23. The highest BCUT2D eigenvalue weighted by molar-refractivity contribution is 7.10. The third kappa shape index (κ3) is 10.0. The molecule has 0 amide bonds. The van der Waals surface area contributed by atoms with E-state index in [4.69, 9.17) is 21.8 Å². The third-order valence-electron chi connectivity index (χ3n) is 1.93. The van der Waals surface area contributed by atoms with Gasteiger partial charge >= 0.3 is 23.6 Å². The number of nitrogen functional groups attached to an aromatic ring is 1. The second kappa shape index (κ2) is 14.7. The summed E-state index contributed by atoms with van der Waals surface area (Å²) in [5.74, 6) is -1.98. The summed E-state index contributed by atoms with van der Waals surface area (Å²) in [6.07, 6.45) is -0.156. The minimum Gasteiger partial charge on any atom is -0.468 e. The molecule has 0 saturated heterocycles. The van der Waals surface area contributed by atoms with Crippen molar-refractivity contribution < 1.29 is 33.4 Å². The van der Waals surface area contributed by atoms with Crippen molar-refractivity contribution in [2.45, 2.75) is 6.42 Å². The lowest BCUT2D eigenvalue weighted by atomic mass is 10.4. The van der Waals surface area contributed by atoms with E-state index in [1.165, 1.54) is 20.3 Å². The van der Waals surface area contributed by atoms with Gasteiger partial charge in [-0.2, -0.15) is 10.5 Å². The minimum absolute atomic E-state index is 0.0903. The molecule has 0 unspecified atom stereocenters. The largest absolute Gasteiger partial charge is 0.475 e. The molecule has 1 aromatic rings. The van der Waals surface area contributed by atoms with Crippen LogP contribution in [0.15, 0.2) is 0 Å². The van der Waals surface area contributed by atoms with Crippen LogP contribution in [0.4, 0.5) is 5.00 Å². The SMILES string of the molecule is COC(=O)C(C#N)=[N+]=[N-].COC(=O)CC#N.COC(=O)c1nnsc1N. The average Bonchev–Trinajstić information content (AvgIpc) is 3.09. The zero-order valence-electron chi connectivity index (χ0n) is 13.8. The highest BCUT2D eigenvalue weighted by atomic mass is 32.1. The van der Waals surface area contributed by atoms with Crippen LogP contribution in [0.3, 0.4) is 0 Å². The quantitative estimate of drug-likeness (QED) is 0.227. The van der Waals surface area contributed by atoms with E-state index < -0.39 is 23.6 Å². The number of nitrogens with zero attached hydrogens (tertiary/aromatic N) is 6. The van der Waals surface area contributed by atoms with E-state index in [0.717, 1.165) is 18.6 Å². The molecule has 13 nitrogen and oxygen atoms in total. The first-order chi connectivity index (χ1) is 12.3. The predicted octanol–water partition coefficient (Wildman–Crippen LogP) is -0.666. The van der Waals surface area contributed by atoms with Gasteiger partial charge in [0.15, 0.2) is 6.07 Å². The number of rotatable bonds is 3. The number of aromatic nitrogens is 2. The van der Waals surface area contributed by atoms with Gasteiger partial charge in [-0.15, -0.1) is 9.89 Å². The van der Waals surface area contributed by atoms with Crippen LogP contribution in [0.2, 0.25) is 0 Å². The van der Waals surface area contributed by atoms with Crippen LogP contribution in [0.25, 0.3) is 5.53 Å². The Labute approximate surface area is 151 Å². The smallest absolute Gasteiger partial charge is 0.468 e. The standard InChI is InChI=1S/C4H5N3O2S.C4H3N3O2.C4H5NO2/c1-9-4(8)2-3(5)10-7-6-2;1-9-4(8)3(2-5)7-6;1-7-4(6)2-3-5/h5H2,1H3;1H3;2H2,1H3. The Morgan fingerprint density at radius 3 is 2.08 bits per heavy atom. The van der Waals surface area contributed by atoms with Crippen molar-refractivity contribution in [2.75, 3.05) is 27.1 Å². The van der Waals surface area contributed by atoms with E-state index in [0.29, 0.717) is 0 Å². The lowest BCUT2D eigenvalue weighted by molar-refractivity contribution is -0.139. The van der Waals surface area contributed by atoms with E-state index >= 15 is 0 Å². The lowest BCUT2D eigenvalue weighted by Gasteiger charge is -1.91. The Morgan fingerprint density at radius 1 is 1.23 bits per heavy atom. The van der Waals surface area contributed by atoms with Crippen LogP contribution in [-0.4, -0.2) is 59.3 Å². The molecule has 0 atom stereocenters. The predicted molar refractivity (Wildman–Crippen MR) is 84.2 cm³/mol. The number of hydrogen-bond acceptors (Lipinski definition) is 12. The lowest BCUT2D eigenvalue weighted by Crippen LogP contribution is -2.14. The fourth-order valence-electron chi connectivity index (χ4n) is 0.778. The highest BCUT2D eigenvalue weighted by Gasteiger charge is 2.18. The van der Waals surface area contributed by atoms with Crippen molar-refractivity contribution in [3.63, 3.8) is 0 Å². The van der Waals surface area contributed by atoms with Gasteiger partial charge in [-0.25, -0.2) is 9.59 Å². The van der Waals surface area contributed by atoms with E-state index in [9.17, 15) is 14.4 Å². The van der Waals surface area contributed by atoms with Crippen molar-refractivity contribution in [1.29, 1.82) is 10.5 Å². The molecule has 138 valence electrons. The van der Waals surface area contributed by atoms with Gasteiger partial charge in [0.05, 0.1) is 27.4 Å². The molecule has 0 aromatic carbocycles. The summed E-state index contributed by atoms with van der Waals surface area (Å²) < 4.78 is 16.0. The number of nitriles is 2. The Balaban J connectivity index is 0. The molecular weight excluding hydrogens is 370 g/mol. The Kier molecular flexibility index (Phi) is 13.8. The monoisotopic (exact) mass is 383 g/mol. The summed E-state index contributed by atoms with van der Waals surface area (Å²) >= 11 is 0.964. The van der Waals surface area contributed by atoms with Gasteiger partial charge in [-0.05, 0) is 0 Å². The molecule has 0 aliphatic rings. The van der Waals surface area contributed by atoms with E-state index in [1.807, 2.05) is 0 Å². The van der Waals surface area contributed by atoms with Gasteiger partial charge in [-0.3, -0.25) is 4.79 Å². The van der Waals surface area contributed by atoms with Crippen LogP contribution >= 0.6 is 11.5 Å². The molecule has 0 spiro atoms. The average molecular weight is 383 g/mol. The number of carbonyl (C=O) groups is 3. The Bertz CT molecular complexity index is 757. The van der Waals surface area contributed by atoms with Crippen LogP contribution in [0, 0.1) is 22.7 Å². The van der Waals surface area contributed by atoms with Gasteiger partial charge in [0.1, 0.15) is 11.4 Å². The molecule has 0 bridgehead atoms. The van der Waals surface area contributed by atoms with Crippen LogP contribution in [-0.2, 0) is 23.8 Å². The van der Waals surface area contributed by atoms with Gasteiger partial charge in [-0.1, -0.05) is 4.49 Å². The maximum absolute atomic E-state index is 10.7. The number of ether oxygens (including phenoxy) is 3. The topological polar surface area (TPSA) is 215 Å². The zero-order valence-corrected chi connectivity index (χ0v) is 14.6. The Hall–Kier alpha value is -3.87. The Morgan fingerprint density at radius 2 is 1.85 bits per heavy atom. The summed E-state index contributed by atoms with van der Waals surface area (Å²) in [7, 11) is 3.60.